The minimum Gasteiger partial charge on any atom is -0.481 e. The molecule has 0 aromatic carbocycles. The lowest BCUT2D eigenvalue weighted by atomic mass is 9.50. The largest absolute Gasteiger partial charge is 1.00 e. The Kier molecular flexibility index (Phi) is 26.1. The van der Waals surface area contributed by atoms with Gasteiger partial charge in [-0.3, -0.25) is 19.2 Å². The Morgan fingerprint density at radius 1 is 0.768 bits per heavy atom. The van der Waals surface area contributed by atoms with Crippen molar-refractivity contribution in [1.82, 2.24) is 0 Å². The Bertz CT molecular complexity index is 1230. The van der Waals surface area contributed by atoms with Crippen molar-refractivity contribution in [1.29, 1.82) is 0 Å². The molecule has 9 aliphatic rings. The number of aliphatic hydroxyl groups excluding tert-OH is 1. The number of allylic oxidation sites excluding steroid dienone is 1. The van der Waals surface area contributed by atoms with E-state index in [1.54, 1.807) is 18.9 Å². The molecule has 0 amide bonds. The van der Waals surface area contributed by atoms with Crippen LogP contribution in [0.5, 0.6) is 0 Å². The topological polar surface area (TPSA) is 200 Å². The van der Waals surface area contributed by atoms with Crippen LogP contribution in [0.3, 0.4) is 0 Å². The molecular weight excluding hydrogens is 724 g/mol. The van der Waals surface area contributed by atoms with E-state index in [4.69, 9.17) is 24.9 Å². The van der Waals surface area contributed by atoms with Gasteiger partial charge in [0.15, 0.2) is 0 Å². The molecule has 0 aromatic heterocycles. The summed E-state index contributed by atoms with van der Waals surface area (Å²) in [6.07, 6.45) is 12.7. The summed E-state index contributed by atoms with van der Waals surface area (Å²) in [4.78, 5) is 61.6. The molecule has 9 fully saturated rings. The Hall–Kier alpha value is -3.48. The molecule has 56 heavy (non-hydrogen) atoms. The summed E-state index contributed by atoms with van der Waals surface area (Å²) >= 11 is 0. The highest BCUT2D eigenvalue weighted by Gasteiger charge is 2.56. The fourth-order valence-corrected chi connectivity index (χ4v) is 9.72. The molecule has 1 saturated heterocycles. The number of aliphatic carboxylic acids is 2. The van der Waals surface area contributed by atoms with Crippen molar-refractivity contribution in [3.05, 3.63) is 12.2 Å². The van der Waals surface area contributed by atoms with Crippen molar-refractivity contribution in [3.63, 3.8) is 0 Å². The predicted molar refractivity (Wildman–Crippen MR) is 222 cm³/mol. The molecule has 13 heteroatoms. The summed E-state index contributed by atoms with van der Waals surface area (Å²) in [5.74, 6) is 3.58. The van der Waals surface area contributed by atoms with Gasteiger partial charge < -0.3 is 34.3 Å². The Morgan fingerprint density at radius 3 is 1.48 bits per heavy atom. The number of carboxylic acid groups (broad SMARTS) is 2. The van der Waals surface area contributed by atoms with E-state index in [2.05, 4.69) is 27.7 Å². The van der Waals surface area contributed by atoms with Gasteiger partial charge in [0.2, 0.25) is 12.2 Å². The summed E-state index contributed by atoms with van der Waals surface area (Å²) in [7, 11) is 0. The van der Waals surface area contributed by atoms with E-state index in [9.17, 15) is 24.0 Å². The normalized spacial score (nSPS) is 31.6. The van der Waals surface area contributed by atoms with E-state index in [-0.39, 0.29) is 66.0 Å². The third kappa shape index (κ3) is 16.5. The van der Waals surface area contributed by atoms with Crippen LogP contribution in [0.15, 0.2) is 12.2 Å². The van der Waals surface area contributed by atoms with Crippen molar-refractivity contribution in [3.8, 4) is 0 Å². The number of hydrogen-bond acceptors (Lipinski definition) is 11. The molecule has 8 saturated carbocycles. The molecule has 3 N–H and O–H groups in total. The molecule has 332 valence electrons. The van der Waals surface area contributed by atoms with Gasteiger partial charge in [0.1, 0.15) is 5.60 Å². The molecule has 0 radical (unpaired) electrons. The lowest BCUT2D eigenvalue weighted by molar-refractivity contribution is -0.201. The Morgan fingerprint density at radius 2 is 1.18 bits per heavy atom. The number of aliphatic hydroxyl groups is 1. The third-order valence-electron chi connectivity index (χ3n) is 11.5. The average Bonchev–Trinajstić information content (AvgIpc) is 3.41. The Labute approximate surface area is 342 Å². The number of ether oxygens (including phenoxy) is 4. The van der Waals surface area contributed by atoms with Crippen LogP contribution in [0.1, 0.15) is 153 Å². The third-order valence-corrected chi connectivity index (χ3v) is 11.5. The van der Waals surface area contributed by atoms with Gasteiger partial charge in [0, 0.05) is 50.0 Å². The van der Waals surface area contributed by atoms with Gasteiger partial charge in [-0.2, -0.15) is 0 Å². The fourth-order valence-electron chi connectivity index (χ4n) is 9.72. The molecule has 0 aromatic rings. The second-order valence-electron chi connectivity index (χ2n) is 15.5. The van der Waals surface area contributed by atoms with Crippen molar-refractivity contribution < 1.29 is 67.3 Å². The maximum absolute atomic E-state index is 11.2. The number of esters is 4. The highest BCUT2D eigenvalue weighted by molar-refractivity contribution is 5.80. The van der Waals surface area contributed by atoms with Crippen LogP contribution in [0.2, 0.25) is 0 Å². The molecule has 2 atom stereocenters. The van der Waals surface area contributed by atoms with Crippen molar-refractivity contribution >= 4 is 35.8 Å². The number of hydrogen-bond donors (Lipinski definition) is 3. The summed E-state index contributed by atoms with van der Waals surface area (Å²) in [5, 5.41) is 24.1. The second kappa shape index (κ2) is 25.7. The zero-order chi connectivity index (χ0) is 38.0. The van der Waals surface area contributed by atoms with E-state index in [0.29, 0.717) is 24.9 Å². The van der Waals surface area contributed by atoms with Gasteiger partial charge in [0.25, 0.3) is 5.97 Å². The molecule has 8 bridgehead atoms. The van der Waals surface area contributed by atoms with Crippen molar-refractivity contribution in [2.45, 2.75) is 167 Å². The zero-order valence-electron chi connectivity index (χ0n) is 31.8. The van der Waals surface area contributed by atoms with Gasteiger partial charge in [-0.15, -0.1) is 0 Å². The van der Waals surface area contributed by atoms with Gasteiger partial charge >= 0.3 is 31.3 Å². The summed E-state index contributed by atoms with van der Waals surface area (Å²) in [6, 6.07) is 0. The lowest BCUT2D eigenvalue weighted by Gasteiger charge is -2.58. The average molecular weight is 810 g/mol. The molecule has 0 spiro atoms. The molecule has 1 aliphatic heterocycles. The monoisotopic (exact) mass is 810 g/mol. The predicted octanol–water partition coefficient (Wildman–Crippen LogP) is 8.89. The van der Waals surface area contributed by atoms with Crippen LogP contribution in [-0.2, 0) is 47.7 Å². The number of carbonyl (C=O) groups excluding carboxylic acids is 4. The maximum Gasteiger partial charge on any atom is 1.00 e. The smallest absolute Gasteiger partial charge is 0.481 e. The van der Waals surface area contributed by atoms with Gasteiger partial charge in [0.05, 0.1) is 6.61 Å². The summed E-state index contributed by atoms with van der Waals surface area (Å²) in [6.45, 7) is 11.5. The highest BCUT2D eigenvalue weighted by Crippen LogP contribution is 2.59. The quantitative estimate of drug-likeness (QED) is 0.131. The zero-order valence-corrected chi connectivity index (χ0v) is 30.8. The first-order chi connectivity index (χ1) is 23.9. The summed E-state index contributed by atoms with van der Waals surface area (Å²) < 4.78 is 19.2. The van der Waals surface area contributed by atoms with Gasteiger partial charge in [-0.25, -0.2) is 9.59 Å². The first kappa shape index (κ1) is 56.8. The standard InChI is InChI=1S/C13H20O2.C11H16.C6H10O5.C6H8O4.C2H4O2.5CH4.2H2/c1-8(14)15-13(2)11-4-9-3-10(6-11)7-12(13)5-9;1-7-10-3-8-2-9(5-10)6-11(7)4-8;1-4(8)11-5(2-3-7)6(9)10;1-4(7)10-5-2-3-9-6(5)8;1-2(3)4;;;;;;;/h9-12H,3-7H2,1-2H3;8-11H,1-6H2;5,7H,2-3H2,1H3,(H,9,10);5H,2-3H2,1H3;1H3,(H,3,4);5*1H4;2*1H/p+1/i;;;;;;;;;;2*1+1. The van der Waals surface area contributed by atoms with E-state index in [0.717, 1.165) is 49.4 Å². The minimum atomic E-state index is -1.24. The number of carbonyl (C=O) groups is 6. The Balaban J connectivity index is -0.000000149. The second-order valence-corrected chi connectivity index (χ2v) is 15.5. The molecule has 9 rings (SSSR count). The van der Waals surface area contributed by atoms with Crippen LogP contribution in [0, 0.1) is 47.3 Å². The fraction of sp³-hybridized carbons (Fsp3) is 0.814. The molecular formula is C43H83O13+. The molecule has 8 aliphatic carbocycles. The first-order valence-corrected chi connectivity index (χ1v) is 18.3. The molecule has 1 heterocycles. The van der Waals surface area contributed by atoms with Gasteiger partial charge in [-0.05, 0) is 118 Å². The van der Waals surface area contributed by atoms with Crippen LogP contribution < -0.4 is 0 Å². The van der Waals surface area contributed by atoms with Crippen LogP contribution in [0.25, 0.3) is 0 Å². The van der Waals surface area contributed by atoms with Crippen molar-refractivity contribution in [2.75, 3.05) is 13.2 Å². The maximum atomic E-state index is 11.2. The SMILES string of the molecule is C.C.C.C.C.C=C1C2CC3CC(C2)CC1C3.CC(=O)O.CC(=O)OC(CCO)C(=O)O.CC(=O)OC1(C)C2CC3CC(C2)CC1C3.CC(=O)OC1CCOC1=O.[2HH].[2HH].[H+]. The van der Waals surface area contributed by atoms with Crippen LogP contribution in [-0.4, -0.2) is 82.2 Å². The highest BCUT2D eigenvalue weighted by atomic mass is 16.6. The molecule has 2 unspecified atom stereocenters. The lowest BCUT2D eigenvalue weighted by Crippen LogP contribution is -2.57. The summed E-state index contributed by atoms with van der Waals surface area (Å²) in [5.41, 5.74) is 1.50. The van der Waals surface area contributed by atoms with E-state index < -0.39 is 42.1 Å². The van der Waals surface area contributed by atoms with Crippen molar-refractivity contribution in [2.24, 2.45) is 47.3 Å². The minimum absolute atomic E-state index is 0. The van der Waals surface area contributed by atoms with E-state index in [1.807, 2.05) is 0 Å². The van der Waals surface area contributed by atoms with Crippen LogP contribution >= 0.6 is 0 Å². The van der Waals surface area contributed by atoms with Gasteiger partial charge in [-0.1, -0.05) is 49.3 Å². The number of carboxylic acids is 2. The number of cyclic esters (lactones) is 1. The van der Waals surface area contributed by atoms with E-state index >= 15 is 0 Å². The first-order valence-electron chi connectivity index (χ1n) is 18.3. The molecule has 13 nitrogen and oxygen atoms in total. The van der Waals surface area contributed by atoms with Crippen LogP contribution in [0.4, 0.5) is 0 Å². The number of rotatable bonds is 6. The van der Waals surface area contributed by atoms with E-state index in [1.165, 1.54) is 64.7 Å².